The lowest BCUT2D eigenvalue weighted by atomic mass is 9.78. The van der Waals surface area contributed by atoms with Crippen molar-refractivity contribution in [2.45, 2.75) is 32.4 Å². The fraction of sp³-hybridized carbons (Fsp3) is 0.407. The third kappa shape index (κ3) is 6.45. The summed E-state index contributed by atoms with van der Waals surface area (Å²) in [5, 5.41) is 23.9. The number of para-hydroxylation sites is 1. The molecule has 2 aromatic rings. The van der Waals surface area contributed by atoms with E-state index in [1.54, 1.807) is 0 Å². The predicted octanol–water partition coefficient (Wildman–Crippen LogP) is 3.89. The molecule has 0 radical (unpaired) electrons. The minimum absolute atomic E-state index is 0.00340. The number of ether oxygens (including phenoxy) is 1. The SMILES string of the molecule is CN(CC(C)(C)NCC1(CO)C=CC(OCc2ccccc2)=C(CO)C1)c1ccccc1. The first-order valence-corrected chi connectivity index (χ1v) is 11.2. The lowest BCUT2D eigenvalue weighted by Crippen LogP contribution is -2.52. The highest BCUT2D eigenvalue weighted by Crippen LogP contribution is 2.35. The van der Waals surface area contributed by atoms with Crippen molar-refractivity contribution < 1.29 is 14.9 Å². The monoisotopic (exact) mass is 436 g/mol. The number of anilines is 1. The summed E-state index contributed by atoms with van der Waals surface area (Å²) in [6.45, 7) is 6.12. The smallest absolute Gasteiger partial charge is 0.121 e. The third-order valence-electron chi connectivity index (χ3n) is 5.99. The summed E-state index contributed by atoms with van der Waals surface area (Å²) in [6.07, 6.45) is 4.48. The van der Waals surface area contributed by atoms with Crippen LogP contribution in [0, 0.1) is 5.41 Å². The van der Waals surface area contributed by atoms with Gasteiger partial charge in [0.25, 0.3) is 0 Å². The van der Waals surface area contributed by atoms with Crippen molar-refractivity contribution in [2.24, 2.45) is 5.41 Å². The van der Waals surface area contributed by atoms with Gasteiger partial charge in [-0.15, -0.1) is 0 Å². The number of hydrogen-bond donors (Lipinski definition) is 3. The van der Waals surface area contributed by atoms with E-state index in [9.17, 15) is 10.2 Å². The van der Waals surface area contributed by atoms with E-state index in [4.69, 9.17) is 4.74 Å². The molecule has 0 saturated heterocycles. The Balaban J connectivity index is 1.61. The zero-order chi connectivity index (χ0) is 23.0. The summed E-state index contributed by atoms with van der Waals surface area (Å²) in [7, 11) is 2.09. The van der Waals surface area contributed by atoms with Gasteiger partial charge in [0, 0.05) is 36.8 Å². The van der Waals surface area contributed by atoms with Crippen LogP contribution >= 0.6 is 0 Å². The fourth-order valence-electron chi connectivity index (χ4n) is 4.08. The van der Waals surface area contributed by atoms with E-state index < -0.39 is 5.41 Å². The number of nitrogens with zero attached hydrogens (tertiary/aromatic N) is 1. The van der Waals surface area contributed by atoms with E-state index in [-0.39, 0.29) is 18.8 Å². The molecule has 1 atom stereocenters. The van der Waals surface area contributed by atoms with Crippen LogP contribution in [-0.4, -0.2) is 49.1 Å². The molecule has 1 unspecified atom stereocenters. The van der Waals surface area contributed by atoms with Crippen molar-refractivity contribution in [3.63, 3.8) is 0 Å². The number of benzene rings is 2. The number of aliphatic hydroxyl groups is 2. The highest BCUT2D eigenvalue weighted by molar-refractivity contribution is 5.45. The summed E-state index contributed by atoms with van der Waals surface area (Å²) in [5.41, 5.74) is 2.42. The standard InChI is InChI=1S/C27H36N2O3/c1-26(2,20-29(3)24-12-8-5-9-13-24)28-19-27(21-31)15-14-25(23(16-27)17-30)32-18-22-10-6-4-7-11-22/h4-15,28,30-31H,16-21H2,1-3H3. The Bertz CT molecular complexity index is 909. The molecule has 1 aliphatic carbocycles. The van der Waals surface area contributed by atoms with Crippen LogP contribution in [-0.2, 0) is 11.3 Å². The molecule has 0 saturated carbocycles. The van der Waals surface area contributed by atoms with Crippen molar-refractivity contribution in [1.29, 1.82) is 0 Å². The van der Waals surface area contributed by atoms with Gasteiger partial charge in [-0.05, 0) is 49.6 Å². The van der Waals surface area contributed by atoms with Crippen LogP contribution in [0.2, 0.25) is 0 Å². The van der Waals surface area contributed by atoms with Crippen molar-refractivity contribution in [2.75, 3.05) is 38.3 Å². The highest BCUT2D eigenvalue weighted by Gasteiger charge is 2.34. The van der Waals surface area contributed by atoms with Gasteiger partial charge in [-0.25, -0.2) is 0 Å². The molecule has 32 heavy (non-hydrogen) atoms. The largest absolute Gasteiger partial charge is 0.489 e. The molecule has 0 aromatic heterocycles. The van der Waals surface area contributed by atoms with Crippen molar-refractivity contribution >= 4 is 5.69 Å². The first kappa shape index (κ1) is 24.1. The molecule has 1 aliphatic rings. The Morgan fingerprint density at radius 2 is 1.69 bits per heavy atom. The maximum atomic E-state index is 10.3. The lowest BCUT2D eigenvalue weighted by molar-refractivity contribution is 0.137. The number of aliphatic hydroxyl groups excluding tert-OH is 2. The lowest BCUT2D eigenvalue weighted by Gasteiger charge is -2.39. The molecule has 0 spiro atoms. The molecular weight excluding hydrogens is 400 g/mol. The third-order valence-corrected chi connectivity index (χ3v) is 5.99. The van der Waals surface area contributed by atoms with Gasteiger partial charge in [-0.2, -0.15) is 0 Å². The Morgan fingerprint density at radius 1 is 1.03 bits per heavy atom. The van der Waals surface area contributed by atoms with Crippen LogP contribution in [0.15, 0.2) is 84.1 Å². The van der Waals surface area contributed by atoms with E-state index >= 15 is 0 Å². The number of allylic oxidation sites excluding steroid dienone is 1. The number of nitrogens with one attached hydrogen (secondary N) is 1. The van der Waals surface area contributed by atoms with Gasteiger partial charge in [0.1, 0.15) is 12.4 Å². The summed E-state index contributed by atoms with van der Waals surface area (Å²) < 4.78 is 5.98. The molecule has 3 N–H and O–H groups in total. The van der Waals surface area contributed by atoms with Crippen molar-refractivity contribution in [1.82, 2.24) is 5.32 Å². The van der Waals surface area contributed by atoms with E-state index in [0.717, 1.165) is 17.7 Å². The maximum absolute atomic E-state index is 10.3. The van der Waals surface area contributed by atoms with Gasteiger partial charge in [-0.1, -0.05) is 54.6 Å². The Hall–Kier alpha value is -2.60. The topological polar surface area (TPSA) is 65.0 Å². The minimum atomic E-state index is -0.472. The Labute approximate surface area is 192 Å². The first-order valence-electron chi connectivity index (χ1n) is 11.2. The second-order valence-corrected chi connectivity index (χ2v) is 9.36. The highest BCUT2D eigenvalue weighted by atomic mass is 16.5. The van der Waals surface area contributed by atoms with Crippen LogP contribution < -0.4 is 10.2 Å². The molecule has 0 heterocycles. The molecule has 5 nitrogen and oxygen atoms in total. The average Bonchev–Trinajstić information content (AvgIpc) is 2.82. The molecule has 2 aromatic carbocycles. The van der Waals surface area contributed by atoms with Gasteiger partial charge in [0.2, 0.25) is 0 Å². The Kier molecular flexibility index (Phi) is 8.13. The van der Waals surface area contributed by atoms with Gasteiger partial charge in [0.15, 0.2) is 0 Å². The summed E-state index contributed by atoms with van der Waals surface area (Å²) in [6, 6.07) is 20.3. The quantitative estimate of drug-likeness (QED) is 0.499. The van der Waals surface area contributed by atoms with Gasteiger partial charge in [0.05, 0.1) is 13.2 Å². The Morgan fingerprint density at radius 3 is 2.31 bits per heavy atom. The second kappa shape index (κ2) is 10.8. The molecule has 0 fully saturated rings. The molecule has 0 bridgehead atoms. The number of likely N-dealkylation sites (N-methyl/N-ethyl adjacent to an activating group) is 1. The molecule has 0 amide bonds. The molecule has 5 heteroatoms. The first-order chi connectivity index (χ1) is 15.4. The number of rotatable bonds is 11. The average molecular weight is 437 g/mol. The molecule has 172 valence electrons. The zero-order valence-electron chi connectivity index (χ0n) is 19.4. The second-order valence-electron chi connectivity index (χ2n) is 9.36. The minimum Gasteiger partial charge on any atom is -0.489 e. The maximum Gasteiger partial charge on any atom is 0.121 e. The van der Waals surface area contributed by atoms with Crippen molar-refractivity contribution in [3.05, 3.63) is 89.7 Å². The van der Waals surface area contributed by atoms with E-state index in [0.29, 0.717) is 25.3 Å². The van der Waals surface area contributed by atoms with Crippen LogP contribution in [0.5, 0.6) is 0 Å². The molecule has 3 rings (SSSR count). The zero-order valence-corrected chi connectivity index (χ0v) is 19.4. The van der Waals surface area contributed by atoms with Gasteiger partial charge >= 0.3 is 0 Å². The van der Waals surface area contributed by atoms with Crippen LogP contribution in [0.25, 0.3) is 0 Å². The fourth-order valence-corrected chi connectivity index (χ4v) is 4.08. The van der Waals surface area contributed by atoms with Crippen LogP contribution in [0.4, 0.5) is 5.69 Å². The van der Waals surface area contributed by atoms with Crippen molar-refractivity contribution in [3.8, 4) is 0 Å². The normalized spacial score (nSPS) is 18.7. The summed E-state index contributed by atoms with van der Waals surface area (Å²) in [4.78, 5) is 2.23. The van der Waals surface area contributed by atoms with Gasteiger partial charge < -0.3 is 25.2 Å². The van der Waals surface area contributed by atoms with E-state index in [1.165, 1.54) is 5.69 Å². The number of hydrogen-bond acceptors (Lipinski definition) is 5. The summed E-state index contributed by atoms with van der Waals surface area (Å²) >= 11 is 0. The van der Waals surface area contributed by atoms with Gasteiger partial charge in [-0.3, -0.25) is 0 Å². The summed E-state index contributed by atoms with van der Waals surface area (Å²) in [5.74, 6) is 0.698. The molecule has 0 aliphatic heterocycles. The molecular formula is C27H36N2O3. The van der Waals surface area contributed by atoms with E-state index in [2.05, 4.69) is 43.2 Å². The van der Waals surface area contributed by atoms with Crippen LogP contribution in [0.3, 0.4) is 0 Å². The predicted molar refractivity (Wildman–Crippen MR) is 130 cm³/mol. The van der Waals surface area contributed by atoms with Crippen LogP contribution in [0.1, 0.15) is 25.8 Å². The van der Waals surface area contributed by atoms with E-state index in [1.807, 2.05) is 60.7 Å².